The van der Waals surface area contributed by atoms with Crippen molar-refractivity contribution in [3.05, 3.63) is 78.1 Å². The van der Waals surface area contributed by atoms with E-state index in [-0.39, 0.29) is 23.5 Å². The lowest BCUT2D eigenvalue weighted by Gasteiger charge is -2.32. The Kier molecular flexibility index (Phi) is 6.35. The standard InChI is InChI=1S/C23H22F2N4O2/c24-18-6-7-20(19(25)12-18)31-22-13-21(27-15-28-22)29-10-8-17(9-11-29)23(30)26-14-16-4-2-1-3-5-16/h1-7,12-13,15,17H,8-11,14H2,(H,26,30). The highest BCUT2D eigenvalue weighted by Gasteiger charge is 2.25. The first-order valence-electron chi connectivity index (χ1n) is 10.1. The number of hydrogen-bond acceptors (Lipinski definition) is 5. The Hall–Kier alpha value is -3.55. The highest BCUT2D eigenvalue weighted by atomic mass is 19.1. The molecule has 0 unspecified atom stereocenters. The first-order chi connectivity index (χ1) is 15.1. The van der Waals surface area contributed by atoms with Gasteiger partial charge in [-0.15, -0.1) is 0 Å². The van der Waals surface area contributed by atoms with Crippen molar-refractivity contribution in [1.29, 1.82) is 0 Å². The molecule has 3 aromatic rings. The maximum atomic E-state index is 13.8. The second-order valence-corrected chi connectivity index (χ2v) is 7.36. The van der Waals surface area contributed by atoms with Gasteiger partial charge in [0, 0.05) is 37.7 Å². The molecule has 1 saturated heterocycles. The van der Waals surface area contributed by atoms with Crippen LogP contribution in [-0.4, -0.2) is 29.0 Å². The van der Waals surface area contributed by atoms with E-state index in [0.29, 0.717) is 38.3 Å². The monoisotopic (exact) mass is 424 g/mol. The Balaban J connectivity index is 1.32. The van der Waals surface area contributed by atoms with Crippen LogP contribution in [0.1, 0.15) is 18.4 Å². The summed E-state index contributed by atoms with van der Waals surface area (Å²) in [4.78, 5) is 22.8. The number of rotatable bonds is 6. The van der Waals surface area contributed by atoms with Crippen LogP contribution in [0.3, 0.4) is 0 Å². The molecule has 0 aliphatic carbocycles. The number of benzene rings is 2. The minimum absolute atomic E-state index is 0.0502. The lowest BCUT2D eigenvalue weighted by Crippen LogP contribution is -2.40. The third-order valence-electron chi connectivity index (χ3n) is 5.24. The van der Waals surface area contributed by atoms with Gasteiger partial charge in [-0.05, 0) is 30.5 Å². The maximum Gasteiger partial charge on any atom is 0.224 e. The molecule has 0 bridgehead atoms. The molecular weight excluding hydrogens is 402 g/mol. The maximum absolute atomic E-state index is 13.8. The molecule has 1 fully saturated rings. The fraction of sp³-hybridized carbons (Fsp3) is 0.261. The number of carbonyl (C=O) groups excluding carboxylic acids is 1. The predicted octanol–water partition coefficient (Wildman–Crippen LogP) is 4.08. The van der Waals surface area contributed by atoms with Gasteiger partial charge in [0.1, 0.15) is 18.0 Å². The summed E-state index contributed by atoms with van der Waals surface area (Å²) in [5.41, 5.74) is 1.07. The first kappa shape index (κ1) is 20.7. The number of ether oxygens (including phenoxy) is 1. The number of nitrogens with one attached hydrogen (secondary N) is 1. The summed E-state index contributed by atoms with van der Waals surface area (Å²) in [7, 11) is 0. The van der Waals surface area contributed by atoms with Crippen LogP contribution < -0.4 is 15.0 Å². The van der Waals surface area contributed by atoms with E-state index in [0.717, 1.165) is 17.7 Å². The zero-order valence-corrected chi connectivity index (χ0v) is 16.8. The van der Waals surface area contributed by atoms with Gasteiger partial charge in [-0.3, -0.25) is 4.79 Å². The van der Waals surface area contributed by atoms with E-state index in [2.05, 4.69) is 15.3 Å². The van der Waals surface area contributed by atoms with Crippen molar-refractivity contribution in [2.24, 2.45) is 5.92 Å². The van der Waals surface area contributed by atoms with E-state index in [1.807, 2.05) is 35.2 Å². The fourth-order valence-corrected chi connectivity index (χ4v) is 3.53. The first-order valence-corrected chi connectivity index (χ1v) is 10.1. The lowest BCUT2D eigenvalue weighted by atomic mass is 9.96. The van der Waals surface area contributed by atoms with E-state index >= 15 is 0 Å². The van der Waals surface area contributed by atoms with Crippen LogP contribution in [0.15, 0.2) is 60.9 Å². The second-order valence-electron chi connectivity index (χ2n) is 7.36. The molecule has 1 N–H and O–H groups in total. The predicted molar refractivity (Wildman–Crippen MR) is 112 cm³/mol. The summed E-state index contributed by atoms with van der Waals surface area (Å²) < 4.78 is 32.3. The van der Waals surface area contributed by atoms with Crippen molar-refractivity contribution in [2.75, 3.05) is 18.0 Å². The number of hydrogen-bond donors (Lipinski definition) is 1. The van der Waals surface area contributed by atoms with Crippen molar-refractivity contribution in [3.8, 4) is 11.6 Å². The van der Waals surface area contributed by atoms with Gasteiger partial charge >= 0.3 is 0 Å². The van der Waals surface area contributed by atoms with Crippen LogP contribution >= 0.6 is 0 Å². The molecule has 0 atom stereocenters. The van der Waals surface area contributed by atoms with Gasteiger partial charge in [-0.1, -0.05) is 30.3 Å². The molecule has 0 radical (unpaired) electrons. The minimum atomic E-state index is -0.803. The number of piperidine rings is 1. The van der Waals surface area contributed by atoms with Gasteiger partial charge in [-0.25, -0.2) is 18.7 Å². The third kappa shape index (κ3) is 5.33. The Morgan fingerprint density at radius 3 is 2.58 bits per heavy atom. The van der Waals surface area contributed by atoms with E-state index in [9.17, 15) is 13.6 Å². The number of halogens is 2. The molecule has 4 rings (SSSR count). The van der Waals surface area contributed by atoms with Crippen molar-refractivity contribution in [3.63, 3.8) is 0 Å². The third-order valence-corrected chi connectivity index (χ3v) is 5.24. The smallest absolute Gasteiger partial charge is 0.224 e. The summed E-state index contributed by atoms with van der Waals surface area (Å²) in [6.45, 7) is 1.84. The van der Waals surface area contributed by atoms with Crippen molar-refractivity contribution < 1.29 is 18.3 Å². The topological polar surface area (TPSA) is 67.4 Å². The van der Waals surface area contributed by atoms with Crippen molar-refractivity contribution >= 4 is 11.7 Å². The number of aromatic nitrogens is 2. The van der Waals surface area contributed by atoms with Gasteiger partial charge in [0.15, 0.2) is 11.6 Å². The van der Waals surface area contributed by atoms with Crippen molar-refractivity contribution in [2.45, 2.75) is 19.4 Å². The van der Waals surface area contributed by atoms with Crippen LogP contribution in [0.5, 0.6) is 11.6 Å². The van der Waals surface area contributed by atoms with Gasteiger partial charge in [0.05, 0.1) is 0 Å². The largest absolute Gasteiger partial charge is 0.436 e. The number of nitrogens with zero attached hydrogens (tertiary/aromatic N) is 3. The molecule has 1 aliphatic rings. The Labute approximate surface area is 178 Å². The van der Waals surface area contributed by atoms with Crippen LogP contribution in [0.2, 0.25) is 0 Å². The molecule has 0 saturated carbocycles. The summed E-state index contributed by atoms with van der Waals surface area (Å²) in [5.74, 6) is -0.784. The fourth-order valence-electron chi connectivity index (χ4n) is 3.53. The molecule has 1 amide bonds. The summed E-state index contributed by atoms with van der Waals surface area (Å²) in [6.07, 6.45) is 2.74. The minimum Gasteiger partial charge on any atom is -0.436 e. The summed E-state index contributed by atoms with van der Waals surface area (Å²) >= 11 is 0. The van der Waals surface area contributed by atoms with Crippen LogP contribution in [0.4, 0.5) is 14.6 Å². The highest BCUT2D eigenvalue weighted by Crippen LogP contribution is 2.27. The summed E-state index contributed by atoms with van der Waals surface area (Å²) in [5, 5.41) is 3.00. The number of carbonyl (C=O) groups is 1. The average Bonchev–Trinajstić information content (AvgIpc) is 2.80. The molecule has 2 aromatic carbocycles. The molecule has 8 heteroatoms. The SMILES string of the molecule is O=C(NCc1ccccc1)C1CCN(c2cc(Oc3ccc(F)cc3F)ncn2)CC1. The molecule has 160 valence electrons. The second kappa shape index (κ2) is 9.51. The highest BCUT2D eigenvalue weighted by molar-refractivity contribution is 5.79. The van der Waals surface area contributed by atoms with Crippen molar-refractivity contribution in [1.82, 2.24) is 15.3 Å². The van der Waals surface area contributed by atoms with E-state index < -0.39 is 11.6 Å². The van der Waals surface area contributed by atoms with E-state index in [4.69, 9.17) is 4.74 Å². The van der Waals surface area contributed by atoms with Gasteiger partial charge in [0.25, 0.3) is 0 Å². The molecule has 0 spiro atoms. The summed E-state index contributed by atoms with van der Waals surface area (Å²) in [6, 6.07) is 14.5. The molecule has 1 aromatic heterocycles. The molecule has 1 aliphatic heterocycles. The number of anilines is 1. The molecule has 6 nitrogen and oxygen atoms in total. The van der Waals surface area contributed by atoms with E-state index in [1.54, 1.807) is 6.07 Å². The van der Waals surface area contributed by atoms with Crippen LogP contribution in [-0.2, 0) is 11.3 Å². The molecular formula is C23H22F2N4O2. The zero-order valence-electron chi connectivity index (χ0n) is 16.8. The average molecular weight is 424 g/mol. The Bertz CT molecular complexity index is 1040. The molecule has 2 heterocycles. The Morgan fingerprint density at radius 2 is 1.84 bits per heavy atom. The van der Waals surface area contributed by atoms with Gasteiger partial charge < -0.3 is 15.0 Å². The van der Waals surface area contributed by atoms with Gasteiger partial charge in [0.2, 0.25) is 11.8 Å². The van der Waals surface area contributed by atoms with Gasteiger partial charge in [-0.2, -0.15) is 0 Å². The lowest BCUT2D eigenvalue weighted by molar-refractivity contribution is -0.125. The number of amides is 1. The Morgan fingerprint density at radius 1 is 1.06 bits per heavy atom. The van der Waals surface area contributed by atoms with Crippen LogP contribution in [0.25, 0.3) is 0 Å². The molecule has 31 heavy (non-hydrogen) atoms. The van der Waals surface area contributed by atoms with Crippen LogP contribution in [0, 0.1) is 17.6 Å². The zero-order chi connectivity index (χ0) is 21.6. The van der Waals surface area contributed by atoms with E-state index in [1.165, 1.54) is 12.4 Å². The normalized spacial score (nSPS) is 14.3. The quantitative estimate of drug-likeness (QED) is 0.646.